The maximum atomic E-state index is 12.8. The molecular formula is C13H11FINO3S. The molecule has 0 amide bonds. The molecule has 0 aliphatic carbocycles. The van der Waals surface area contributed by atoms with Gasteiger partial charge in [-0.2, -0.15) is 0 Å². The molecule has 0 unspecified atom stereocenters. The minimum Gasteiger partial charge on any atom is -0.496 e. The Labute approximate surface area is 130 Å². The van der Waals surface area contributed by atoms with Crippen molar-refractivity contribution in [1.29, 1.82) is 0 Å². The van der Waals surface area contributed by atoms with Crippen LogP contribution in [0.4, 0.5) is 10.1 Å². The van der Waals surface area contributed by atoms with E-state index in [9.17, 15) is 12.8 Å². The average Bonchev–Trinajstić information content (AvgIpc) is 2.41. The zero-order valence-electron chi connectivity index (χ0n) is 10.4. The van der Waals surface area contributed by atoms with E-state index < -0.39 is 15.8 Å². The number of sulfonamides is 1. The van der Waals surface area contributed by atoms with E-state index in [0.717, 1.165) is 0 Å². The number of hydrogen-bond acceptors (Lipinski definition) is 3. The molecule has 0 heterocycles. The van der Waals surface area contributed by atoms with Crippen LogP contribution in [0.1, 0.15) is 0 Å². The summed E-state index contributed by atoms with van der Waals surface area (Å²) >= 11 is 1.99. The number of ether oxygens (including phenoxy) is 1. The van der Waals surface area contributed by atoms with E-state index in [-0.39, 0.29) is 4.90 Å². The smallest absolute Gasteiger partial charge is 0.261 e. The lowest BCUT2D eigenvalue weighted by Gasteiger charge is -2.10. The Bertz CT molecular complexity index is 717. The Hall–Kier alpha value is -1.35. The molecule has 0 aliphatic heterocycles. The lowest BCUT2D eigenvalue weighted by atomic mass is 10.3. The molecule has 1 N–H and O–H groups in total. The molecule has 0 bridgehead atoms. The summed E-state index contributed by atoms with van der Waals surface area (Å²) in [6.07, 6.45) is 0. The molecule has 0 fully saturated rings. The summed E-state index contributed by atoms with van der Waals surface area (Å²) in [7, 11) is -2.19. The second kappa shape index (κ2) is 5.96. The molecule has 106 valence electrons. The highest BCUT2D eigenvalue weighted by atomic mass is 127. The molecule has 0 aliphatic rings. The van der Waals surface area contributed by atoms with Gasteiger partial charge in [0.1, 0.15) is 11.6 Å². The fourth-order valence-electron chi connectivity index (χ4n) is 1.55. The standard InChI is InChI=1S/C13H11FINO3S/c1-19-13-7-6-11(8-12(13)15)20(17,18)16-10-4-2-9(14)3-5-10/h2-8,16H,1H3. The maximum absolute atomic E-state index is 12.8. The van der Waals surface area contributed by atoms with Crippen molar-refractivity contribution in [3.63, 3.8) is 0 Å². The van der Waals surface area contributed by atoms with Crippen LogP contribution in [0, 0.1) is 9.39 Å². The van der Waals surface area contributed by atoms with Gasteiger partial charge in [0.05, 0.1) is 15.6 Å². The lowest BCUT2D eigenvalue weighted by Crippen LogP contribution is -2.13. The van der Waals surface area contributed by atoms with E-state index in [1.54, 1.807) is 6.07 Å². The first-order valence-electron chi connectivity index (χ1n) is 5.54. The molecule has 0 saturated heterocycles. The fourth-order valence-corrected chi connectivity index (χ4v) is 3.58. The predicted molar refractivity (Wildman–Crippen MR) is 82.9 cm³/mol. The van der Waals surface area contributed by atoms with Crippen molar-refractivity contribution in [2.75, 3.05) is 11.8 Å². The van der Waals surface area contributed by atoms with Crippen LogP contribution in [0.3, 0.4) is 0 Å². The van der Waals surface area contributed by atoms with Gasteiger partial charge >= 0.3 is 0 Å². The molecule has 2 rings (SSSR count). The van der Waals surface area contributed by atoms with Crippen molar-refractivity contribution in [3.05, 3.63) is 51.9 Å². The molecular weight excluding hydrogens is 396 g/mol. The van der Waals surface area contributed by atoms with Gasteiger partial charge in [0, 0.05) is 5.69 Å². The van der Waals surface area contributed by atoms with Gasteiger partial charge in [-0.25, -0.2) is 12.8 Å². The highest BCUT2D eigenvalue weighted by Crippen LogP contribution is 2.25. The number of hydrogen-bond donors (Lipinski definition) is 1. The maximum Gasteiger partial charge on any atom is 0.261 e. The lowest BCUT2D eigenvalue weighted by molar-refractivity contribution is 0.411. The SMILES string of the molecule is COc1ccc(S(=O)(=O)Nc2ccc(F)cc2)cc1I. The molecule has 0 saturated carbocycles. The van der Waals surface area contributed by atoms with Gasteiger partial charge in [-0.05, 0) is 65.1 Å². The Morgan fingerprint density at radius 3 is 2.35 bits per heavy atom. The molecule has 7 heteroatoms. The van der Waals surface area contributed by atoms with Crippen molar-refractivity contribution < 1.29 is 17.5 Å². The molecule has 2 aromatic rings. The molecule has 2 aromatic carbocycles. The number of rotatable bonds is 4. The summed E-state index contributed by atoms with van der Waals surface area (Å²) in [5, 5.41) is 0. The Morgan fingerprint density at radius 2 is 1.80 bits per heavy atom. The van der Waals surface area contributed by atoms with Crippen LogP contribution in [0.5, 0.6) is 5.75 Å². The van der Waals surface area contributed by atoms with Gasteiger partial charge in [-0.3, -0.25) is 4.72 Å². The van der Waals surface area contributed by atoms with Crippen molar-refractivity contribution in [3.8, 4) is 5.75 Å². The second-order valence-electron chi connectivity index (χ2n) is 3.91. The summed E-state index contributed by atoms with van der Waals surface area (Å²) in [5.74, 6) is 0.179. The number of anilines is 1. The second-order valence-corrected chi connectivity index (χ2v) is 6.75. The number of nitrogens with one attached hydrogen (secondary N) is 1. The van der Waals surface area contributed by atoms with Crippen molar-refractivity contribution in [2.24, 2.45) is 0 Å². The van der Waals surface area contributed by atoms with Crippen LogP contribution in [0.2, 0.25) is 0 Å². The third-order valence-electron chi connectivity index (χ3n) is 2.53. The fraction of sp³-hybridized carbons (Fsp3) is 0.0769. The first-order chi connectivity index (χ1) is 9.42. The summed E-state index contributed by atoms with van der Waals surface area (Å²) in [6.45, 7) is 0. The molecule has 0 radical (unpaired) electrons. The molecule has 4 nitrogen and oxygen atoms in total. The van der Waals surface area contributed by atoms with Crippen molar-refractivity contribution in [2.45, 2.75) is 4.90 Å². The van der Waals surface area contributed by atoms with Crippen LogP contribution >= 0.6 is 22.6 Å². The molecule has 0 atom stereocenters. The third-order valence-corrected chi connectivity index (χ3v) is 4.75. The van der Waals surface area contributed by atoms with E-state index >= 15 is 0 Å². The monoisotopic (exact) mass is 407 g/mol. The summed E-state index contributed by atoms with van der Waals surface area (Å²) in [6, 6.07) is 9.65. The highest BCUT2D eigenvalue weighted by Gasteiger charge is 2.16. The molecule has 20 heavy (non-hydrogen) atoms. The van der Waals surface area contributed by atoms with Gasteiger partial charge in [0.15, 0.2) is 0 Å². The Kier molecular flexibility index (Phi) is 4.48. The third kappa shape index (κ3) is 3.40. The van der Waals surface area contributed by atoms with Crippen LogP contribution < -0.4 is 9.46 Å². The van der Waals surface area contributed by atoms with E-state index in [1.165, 1.54) is 43.5 Å². The van der Waals surface area contributed by atoms with Crippen LogP contribution in [-0.2, 0) is 10.0 Å². The van der Waals surface area contributed by atoms with E-state index in [0.29, 0.717) is 15.0 Å². The zero-order chi connectivity index (χ0) is 14.8. The topological polar surface area (TPSA) is 55.4 Å². The van der Waals surface area contributed by atoms with E-state index in [4.69, 9.17) is 4.74 Å². The average molecular weight is 407 g/mol. The Balaban J connectivity index is 2.30. The van der Waals surface area contributed by atoms with Gasteiger partial charge < -0.3 is 4.74 Å². The zero-order valence-corrected chi connectivity index (χ0v) is 13.4. The number of halogens is 2. The van der Waals surface area contributed by atoms with E-state index in [2.05, 4.69) is 4.72 Å². The van der Waals surface area contributed by atoms with Crippen molar-refractivity contribution in [1.82, 2.24) is 0 Å². The summed E-state index contributed by atoms with van der Waals surface area (Å²) in [5.41, 5.74) is 0.303. The van der Waals surface area contributed by atoms with Gasteiger partial charge in [-0.1, -0.05) is 0 Å². The van der Waals surface area contributed by atoms with Crippen LogP contribution in [-0.4, -0.2) is 15.5 Å². The van der Waals surface area contributed by atoms with Gasteiger partial charge in [-0.15, -0.1) is 0 Å². The Morgan fingerprint density at radius 1 is 1.15 bits per heavy atom. The summed E-state index contributed by atoms with van der Waals surface area (Å²) in [4.78, 5) is 0.118. The quantitative estimate of drug-likeness (QED) is 0.792. The summed E-state index contributed by atoms with van der Waals surface area (Å²) < 4.78 is 45.3. The predicted octanol–water partition coefficient (Wildman–Crippen LogP) is 3.24. The molecule has 0 aromatic heterocycles. The first-order valence-corrected chi connectivity index (χ1v) is 8.10. The van der Waals surface area contributed by atoms with Gasteiger partial charge in [0.25, 0.3) is 10.0 Å². The number of methoxy groups -OCH3 is 1. The minimum absolute atomic E-state index is 0.118. The minimum atomic E-state index is -3.71. The van der Waals surface area contributed by atoms with Crippen LogP contribution in [0.15, 0.2) is 47.4 Å². The largest absolute Gasteiger partial charge is 0.496 e. The highest BCUT2D eigenvalue weighted by molar-refractivity contribution is 14.1. The normalized spacial score (nSPS) is 11.2. The first kappa shape index (κ1) is 15.0. The number of benzene rings is 2. The molecule has 0 spiro atoms. The van der Waals surface area contributed by atoms with Crippen LogP contribution in [0.25, 0.3) is 0 Å². The van der Waals surface area contributed by atoms with Crippen molar-refractivity contribution >= 4 is 38.3 Å². The van der Waals surface area contributed by atoms with Gasteiger partial charge in [0.2, 0.25) is 0 Å². The van der Waals surface area contributed by atoms with E-state index in [1.807, 2.05) is 22.6 Å².